The van der Waals surface area contributed by atoms with Crippen LogP contribution in [0.25, 0.3) is 0 Å². The van der Waals surface area contributed by atoms with E-state index in [1.807, 2.05) is 13.8 Å². The molecule has 0 saturated carbocycles. The Balaban J connectivity index is 0.00000289. The van der Waals surface area contributed by atoms with Gasteiger partial charge in [0.25, 0.3) is 0 Å². The molecule has 1 nitrogen and oxygen atoms in total. The van der Waals surface area contributed by atoms with E-state index in [1.54, 1.807) is 0 Å². The van der Waals surface area contributed by atoms with Crippen molar-refractivity contribution in [2.75, 3.05) is 0 Å². The first-order chi connectivity index (χ1) is 7.75. The minimum Gasteiger partial charge on any atom is -0.324 e. The molecule has 0 radical (unpaired) electrons. The van der Waals surface area contributed by atoms with Gasteiger partial charge in [-0.05, 0) is 29.7 Å². The molecule has 0 aliphatic heterocycles. The molecule has 0 spiro atoms. The number of halogens is 5. The molecule has 0 amide bonds. The summed E-state index contributed by atoms with van der Waals surface area (Å²) < 4.78 is 37.8. The number of nitrogens with two attached hydrogens (primary N) is 1. The lowest BCUT2D eigenvalue weighted by Crippen LogP contribution is -2.19. The summed E-state index contributed by atoms with van der Waals surface area (Å²) in [5.41, 5.74) is 5.58. The summed E-state index contributed by atoms with van der Waals surface area (Å²) in [6.07, 6.45) is -3.59. The molecule has 1 rings (SSSR count). The maximum Gasteiger partial charge on any atom is 0.416 e. The maximum absolute atomic E-state index is 12.6. The topological polar surface area (TPSA) is 26.0 Å². The summed E-state index contributed by atoms with van der Waals surface area (Å²) >= 11 is 5.69. The Morgan fingerprint density at radius 2 is 1.83 bits per heavy atom. The van der Waals surface area contributed by atoms with Crippen molar-refractivity contribution in [2.24, 2.45) is 11.7 Å². The lowest BCUT2D eigenvalue weighted by molar-refractivity contribution is -0.137. The Hall–Kier alpha value is -0.450. The van der Waals surface area contributed by atoms with Crippen molar-refractivity contribution in [3.05, 3.63) is 34.3 Å². The van der Waals surface area contributed by atoms with E-state index in [9.17, 15) is 13.2 Å². The maximum atomic E-state index is 12.6. The van der Waals surface area contributed by atoms with Gasteiger partial charge >= 0.3 is 6.18 Å². The summed E-state index contributed by atoms with van der Waals surface area (Å²) in [5, 5.41) is 0.0635. The minimum atomic E-state index is -4.39. The van der Waals surface area contributed by atoms with Gasteiger partial charge in [0.2, 0.25) is 0 Å². The standard InChI is InChI=1S/C12H15ClF3N.ClH/c1-3-7(2)11(17)8-4-9(12(14,15)16)6-10(13)5-8;/h4-7,11H,3,17H2,1-2H3;1H/t7?,11-;/m1./s1. The van der Waals surface area contributed by atoms with Gasteiger partial charge in [-0.1, -0.05) is 31.9 Å². The summed E-state index contributed by atoms with van der Waals surface area (Å²) in [7, 11) is 0. The van der Waals surface area contributed by atoms with Crippen molar-refractivity contribution in [2.45, 2.75) is 32.5 Å². The molecule has 0 bridgehead atoms. The van der Waals surface area contributed by atoms with Gasteiger partial charge in [0.1, 0.15) is 0 Å². The van der Waals surface area contributed by atoms with Crippen LogP contribution in [0.4, 0.5) is 13.2 Å². The third kappa shape index (κ3) is 4.34. The van der Waals surface area contributed by atoms with Crippen molar-refractivity contribution in [3.8, 4) is 0 Å². The zero-order valence-electron chi connectivity index (χ0n) is 10.1. The molecule has 1 aromatic rings. The van der Waals surface area contributed by atoms with Gasteiger partial charge < -0.3 is 5.73 Å². The van der Waals surface area contributed by atoms with Gasteiger partial charge in [0, 0.05) is 11.1 Å². The summed E-state index contributed by atoms with van der Waals surface area (Å²) in [4.78, 5) is 0. The van der Waals surface area contributed by atoms with Gasteiger partial charge in [0.15, 0.2) is 0 Å². The van der Waals surface area contributed by atoms with Crippen molar-refractivity contribution in [3.63, 3.8) is 0 Å². The van der Waals surface area contributed by atoms with Crippen LogP contribution in [0.1, 0.15) is 37.4 Å². The summed E-state index contributed by atoms with van der Waals surface area (Å²) in [6, 6.07) is 3.05. The number of hydrogen-bond acceptors (Lipinski definition) is 1. The molecule has 0 aliphatic carbocycles. The van der Waals surface area contributed by atoms with Crippen LogP contribution in [0, 0.1) is 5.92 Å². The molecule has 0 fully saturated rings. The Labute approximate surface area is 116 Å². The van der Waals surface area contributed by atoms with E-state index in [2.05, 4.69) is 0 Å². The van der Waals surface area contributed by atoms with Crippen molar-refractivity contribution in [1.82, 2.24) is 0 Å². The minimum absolute atomic E-state index is 0. The summed E-state index contributed by atoms with van der Waals surface area (Å²) in [6.45, 7) is 3.85. The molecule has 1 aromatic carbocycles. The van der Waals surface area contributed by atoms with E-state index < -0.39 is 17.8 Å². The fourth-order valence-electron chi connectivity index (χ4n) is 1.55. The van der Waals surface area contributed by atoms with Gasteiger partial charge in [-0.15, -0.1) is 12.4 Å². The second-order valence-electron chi connectivity index (χ2n) is 4.18. The Morgan fingerprint density at radius 1 is 1.28 bits per heavy atom. The number of alkyl halides is 3. The molecule has 0 aromatic heterocycles. The average Bonchev–Trinajstić information content (AvgIpc) is 2.25. The van der Waals surface area contributed by atoms with Gasteiger partial charge in [-0.3, -0.25) is 0 Å². The molecule has 0 aliphatic rings. The molecular weight excluding hydrogens is 286 g/mol. The van der Waals surface area contributed by atoms with E-state index in [0.29, 0.717) is 5.56 Å². The van der Waals surface area contributed by atoms with E-state index in [1.165, 1.54) is 6.07 Å². The molecule has 2 N–H and O–H groups in total. The van der Waals surface area contributed by atoms with Crippen LogP contribution in [0.2, 0.25) is 5.02 Å². The second kappa shape index (κ2) is 6.64. The van der Waals surface area contributed by atoms with E-state index in [0.717, 1.165) is 18.6 Å². The number of hydrogen-bond donors (Lipinski definition) is 1. The normalized spacial score (nSPS) is 14.8. The van der Waals surface area contributed by atoms with Crippen LogP contribution in [-0.4, -0.2) is 0 Å². The van der Waals surface area contributed by atoms with E-state index in [-0.39, 0.29) is 23.3 Å². The fraction of sp³-hybridized carbons (Fsp3) is 0.500. The Morgan fingerprint density at radius 3 is 2.28 bits per heavy atom. The smallest absolute Gasteiger partial charge is 0.324 e. The zero-order valence-corrected chi connectivity index (χ0v) is 11.7. The average molecular weight is 302 g/mol. The van der Waals surface area contributed by atoms with Crippen molar-refractivity contribution >= 4 is 24.0 Å². The molecule has 1 unspecified atom stereocenters. The lowest BCUT2D eigenvalue weighted by Gasteiger charge is -2.20. The first-order valence-corrected chi connectivity index (χ1v) is 5.76. The van der Waals surface area contributed by atoms with Gasteiger partial charge in [-0.25, -0.2) is 0 Å². The predicted molar refractivity (Wildman–Crippen MR) is 70.1 cm³/mol. The number of rotatable bonds is 3. The quantitative estimate of drug-likeness (QED) is 0.850. The zero-order chi connectivity index (χ0) is 13.2. The Bertz CT molecular complexity index is 393. The van der Waals surface area contributed by atoms with Gasteiger partial charge in [-0.2, -0.15) is 13.2 Å². The molecule has 0 heterocycles. The second-order valence-corrected chi connectivity index (χ2v) is 4.62. The van der Waals surface area contributed by atoms with Crippen molar-refractivity contribution < 1.29 is 13.2 Å². The van der Waals surface area contributed by atoms with Crippen LogP contribution in [-0.2, 0) is 6.18 Å². The highest BCUT2D eigenvalue weighted by Gasteiger charge is 2.31. The monoisotopic (exact) mass is 301 g/mol. The van der Waals surface area contributed by atoms with Crippen LogP contribution in [0.15, 0.2) is 18.2 Å². The largest absolute Gasteiger partial charge is 0.416 e. The van der Waals surface area contributed by atoms with Crippen LogP contribution in [0.5, 0.6) is 0 Å². The van der Waals surface area contributed by atoms with E-state index >= 15 is 0 Å². The molecule has 2 atom stereocenters. The molecule has 0 saturated heterocycles. The number of benzene rings is 1. The molecule has 6 heteroatoms. The first kappa shape index (κ1) is 17.6. The highest BCUT2D eigenvalue weighted by molar-refractivity contribution is 6.30. The lowest BCUT2D eigenvalue weighted by atomic mass is 9.92. The summed E-state index contributed by atoms with van der Waals surface area (Å²) in [5.74, 6) is 0.106. The molecule has 18 heavy (non-hydrogen) atoms. The van der Waals surface area contributed by atoms with Crippen LogP contribution in [0.3, 0.4) is 0 Å². The first-order valence-electron chi connectivity index (χ1n) is 5.39. The van der Waals surface area contributed by atoms with E-state index in [4.69, 9.17) is 17.3 Å². The third-order valence-corrected chi connectivity index (χ3v) is 3.11. The van der Waals surface area contributed by atoms with Crippen LogP contribution >= 0.6 is 24.0 Å². The fourth-order valence-corrected chi connectivity index (χ4v) is 1.79. The van der Waals surface area contributed by atoms with Crippen LogP contribution < -0.4 is 5.73 Å². The molecular formula is C12H16Cl2F3N. The third-order valence-electron chi connectivity index (χ3n) is 2.89. The highest BCUT2D eigenvalue weighted by atomic mass is 35.5. The SMILES string of the molecule is CCC(C)[C@@H](N)c1cc(Cl)cc(C(F)(F)F)c1.Cl. The molecule has 104 valence electrons. The van der Waals surface area contributed by atoms with Gasteiger partial charge in [0.05, 0.1) is 5.56 Å². The predicted octanol–water partition coefficient (Wildman–Crippen LogP) is 4.83. The Kier molecular flexibility index (Phi) is 6.47. The highest BCUT2D eigenvalue weighted by Crippen LogP contribution is 2.34. The van der Waals surface area contributed by atoms with Crippen molar-refractivity contribution in [1.29, 1.82) is 0 Å².